The molecule has 2 bridgehead atoms. The second-order valence-corrected chi connectivity index (χ2v) is 6.28. The molecule has 0 aliphatic carbocycles. The van der Waals surface area contributed by atoms with E-state index in [1.807, 2.05) is 6.07 Å². The molecule has 2 aliphatic rings. The quantitative estimate of drug-likeness (QED) is 0.854. The van der Waals surface area contributed by atoms with Gasteiger partial charge in [-0.05, 0) is 43.5 Å². The summed E-state index contributed by atoms with van der Waals surface area (Å²) in [5, 5.41) is 7.00. The molecule has 2 aromatic rings. The third-order valence-corrected chi connectivity index (χ3v) is 4.68. The molecular formula is C16H16ClN3O2. The van der Waals surface area contributed by atoms with E-state index in [0.29, 0.717) is 28.8 Å². The van der Waals surface area contributed by atoms with Gasteiger partial charge in [0.05, 0.1) is 0 Å². The van der Waals surface area contributed by atoms with Crippen molar-refractivity contribution in [3.63, 3.8) is 0 Å². The second kappa shape index (κ2) is 5.41. The van der Waals surface area contributed by atoms with Gasteiger partial charge in [0.25, 0.3) is 5.91 Å². The van der Waals surface area contributed by atoms with Crippen LogP contribution in [-0.2, 0) is 0 Å². The van der Waals surface area contributed by atoms with Crippen LogP contribution in [0.5, 0.6) is 0 Å². The molecule has 3 unspecified atom stereocenters. The molecule has 4 rings (SSSR count). The zero-order chi connectivity index (χ0) is 15.1. The van der Waals surface area contributed by atoms with Crippen molar-refractivity contribution in [2.45, 2.75) is 37.4 Å². The monoisotopic (exact) mass is 317 g/mol. The van der Waals surface area contributed by atoms with Crippen molar-refractivity contribution in [1.82, 2.24) is 15.6 Å². The first-order chi connectivity index (χ1) is 10.7. The van der Waals surface area contributed by atoms with Crippen molar-refractivity contribution in [2.24, 2.45) is 0 Å². The SMILES string of the molecule is O=C(NC1CC2CCC1N2)c1ccc(-c2ccc(Cl)nc2)o1. The first-order valence-corrected chi connectivity index (χ1v) is 7.85. The van der Waals surface area contributed by atoms with Crippen molar-refractivity contribution >= 4 is 17.5 Å². The van der Waals surface area contributed by atoms with Crippen LogP contribution in [0.1, 0.15) is 29.8 Å². The van der Waals surface area contributed by atoms with Crippen LogP contribution < -0.4 is 10.6 Å². The van der Waals surface area contributed by atoms with E-state index in [0.717, 1.165) is 18.4 Å². The number of furan rings is 1. The van der Waals surface area contributed by atoms with E-state index < -0.39 is 0 Å². The lowest BCUT2D eigenvalue weighted by Gasteiger charge is -2.20. The number of nitrogens with one attached hydrogen (secondary N) is 2. The van der Waals surface area contributed by atoms with Crippen molar-refractivity contribution < 1.29 is 9.21 Å². The average molecular weight is 318 g/mol. The Balaban J connectivity index is 1.46. The van der Waals surface area contributed by atoms with Gasteiger partial charge in [-0.15, -0.1) is 0 Å². The molecular weight excluding hydrogens is 302 g/mol. The molecule has 22 heavy (non-hydrogen) atoms. The Morgan fingerprint density at radius 3 is 2.91 bits per heavy atom. The molecule has 0 saturated carbocycles. The lowest BCUT2D eigenvalue weighted by Crippen LogP contribution is -2.42. The number of pyridine rings is 1. The highest BCUT2D eigenvalue weighted by atomic mass is 35.5. The minimum atomic E-state index is -0.160. The van der Waals surface area contributed by atoms with E-state index in [1.165, 1.54) is 6.42 Å². The first kappa shape index (κ1) is 13.8. The number of carbonyl (C=O) groups excluding carboxylic acids is 1. The number of halogens is 1. The van der Waals surface area contributed by atoms with Crippen LogP contribution in [-0.4, -0.2) is 29.0 Å². The number of hydrogen-bond donors (Lipinski definition) is 2. The van der Waals surface area contributed by atoms with Gasteiger partial charge >= 0.3 is 0 Å². The number of rotatable bonds is 3. The Labute approximate surface area is 133 Å². The maximum Gasteiger partial charge on any atom is 0.287 e. The summed E-state index contributed by atoms with van der Waals surface area (Å²) in [6.07, 6.45) is 4.98. The Morgan fingerprint density at radius 2 is 2.23 bits per heavy atom. The highest BCUT2D eigenvalue weighted by molar-refractivity contribution is 6.29. The number of nitrogens with zero attached hydrogens (tertiary/aromatic N) is 1. The topological polar surface area (TPSA) is 67.2 Å². The molecule has 5 nitrogen and oxygen atoms in total. The maximum absolute atomic E-state index is 12.3. The van der Waals surface area contributed by atoms with Crippen LogP contribution in [0.2, 0.25) is 5.15 Å². The van der Waals surface area contributed by atoms with Gasteiger partial charge in [-0.2, -0.15) is 0 Å². The summed E-state index contributed by atoms with van der Waals surface area (Å²) in [4.78, 5) is 16.3. The van der Waals surface area contributed by atoms with Gasteiger partial charge in [0.1, 0.15) is 10.9 Å². The Kier molecular flexibility index (Phi) is 3.39. The fraction of sp³-hybridized carbons (Fsp3) is 0.375. The minimum Gasteiger partial charge on any atom is -0.451 e. The highest BCUT2D eigenvalue weighted by Crippen LogP contribution is 2.29. The van der Waals surface area contributed by atoms with Gasteiger partial charge in [0.2, 0.25) is 0 Å². The smallest absolute Gasteiger partial charge is 0.287 e. The third kappa shape index (κ3) is 2.51. The number of amides is 1. The van der Waals surface area contributed by atoms with Gasteiger partial charge in [0, 0.05) is 29.9 Å². The normalized spacial score (nSPS) is 26.3. The highest BCUT2D eigenvalue weighted by Gasteiger charge is 2.39. The molecule has 2 fully saturated rings. The zero-order valence-corrected chi connectivity index (χ0v) is 12.6. The molecule has 3 atom stereocenters. The largest absolute Gasteiger partial charge is 0.451 e. The van der Waals surface area contributed by atoms with Crippen molar-refractivity contribution in [3.05, 3.63) is 41.4 Å². The summed E-state index contributed by atoms with van der Waals surface area (Å²) in [5.41, 5.74) is 0.796. The maximum atomic E-state index is 12.3. The summed E-state index contributed by atoms with van der Waals surface area (Å²) < 4.78 is 5.65. The standard InChI is InChI=1S/C16H16ClN3O2/c17-15-6-1-9(8-18-15)13-4-5-14(22-13)16(21)20-12-7-10-2-3-11(12)19-10/h1,4-6,8,10-12,19H,2-3,7H2,(H,20,21). The van der Waals surface area contributed by atoms with Crippen molar-refractivity contribution in [1.29, 1.82) is 0 Å². The Morgan fingerprint density at radius 1 is 1.32 bits per heavy atom. The fourth-order valence-corrected chi connectivity index (χ4v) is 3.47. The third-order valence-electron chi connectivity index (χ3n) is 4.46. The predicted molar refractivity (Wildman–Crippen MR) is 82.8 cm³/mol. The van der Waals surface area contributed by atoms with E-state index in [4.69, 9.17) is 16.0 Å². The Hall–Kier alpha value is -1.85. The lowest BCUT2D eigenvalue weighted by molar-refractivity contribution is 0.0903. The summed E-state index contributed by atoms with van der Waals surface area (Å²) >= 11 is 5.77. The zero-order valence-electron chi connectivity index (χ0n) is 11.9. The average Bonchev–Trinajstić information content (AvgIpc) is 3.24. The molecule has 0 radical (unpaired) electrons. The van der Waals surface area contributed by atoms with Crippen molar-refractivity contribution in [2.75, 3.05) is 0 Å². The van der Waals surface area contributed by atoms with E-state index >= 15 is 0 Å². The number of fused-ring (bicyclic) bond motifs is 2. The molecule has 4 heterocycles. The van der Waals surface area contributed by atoms with Gasteiger partial charge in [-0.3, -0.25) is 4.79 Å². The van der Waals surface area contributed by atoms with Gasteiger partial charge in [0.15, 0.2) is 5.76 Å². The number of aromatic nitrogens is 1. The molecule has 6 heteroatoms. The number of carbonyl (C=O) groups is 1. The van der Waals surface area contributed by atoms with Gasteiger partial charge in [-0.25, -0.2) is 4.98 Å². The molecule has 2 N–H and O–H groups in total. The Bertz CT molecular complexity index is 698. The molecule has 0 spiro atoms. The van der Waals surface area contributed by atoms with Crippen LogP contribution in [0.3, 0.4) is 0 Å². The fourth-order valence-electron chi connectivity index (χ4n) is 3.36. The molecule has 114 valence electrons. The summed E-state index contributed by atoms with van der Waals surface area (Å²) in [6.45, 7) is 0. The predicted octanol–water partition coefficient (Wildman–Crippen LogP) is 2.62. The van der Waals surface area contributed by atoms with Crippen molar-refractivity contribution in [3.8, 4) is 11.3 Å². The first-order valence-electron chi connectivity index (χ1n) is 7.48. The molecule has 0 aromatic carbocycles. The number of hydrogen-bond acceptors (Lipinski definition) is 4. The molecule has 2 aromatic heterocycles. The minimum absolute atomic E-state index is 0.160. The van der Waals surface area contributed by atoms with E-state index in [-0.39, 0.29) is 11.9 Å². The molecule has 2 aliphatic heterocycles. The lowest BCUT2D eigenvalue weighted by atomic mass is 9.95. The summed E-state index contributed by atoms with van der Waals surface area (Å²) in [5.74, 6) is 0.778. The van der Waals surface area contributed by atoms with Crippen LogP contribution >= 0.6 is 11.6 Å². The van der Waals surface area contributed by atoms with Crippen LogP contribution in [0.4, 0.5) is 0 Å². The molecule has 1 amide bonds. The van der Waals surface area contributed by atoms with Gasteiger partial charge in [-0.1, -0.05) is 11.6 Å². The van der Waals surface area contributed by atoms with E-state index in [9.17, 15) is 4.79 Å². The van der Waals surface area contributed by atoms with E-state index in [2.05, 4.69) is 15.6 Å². The summed E-state index contributed by atoms with van der Waals surface area (Å²) in [7, 11) is 0. The van der Waals surface area contributed by atoms with Gasteiger partial charge < -0.3 is 15.1 Å². The summed E-state index contributed by atoms with van der Waals surface area (Å²) in [6, 6.07) is 8.15. The van der Waals surface area contributed by atoms with Crippen LogP contribution in [0, 0.1) is 0 Å². The second-order valence-electron chi connectivity index (χ2n) is 5.90. The van der Waals surface area contributed by atoms with Crippen LogP contribution in [0.15, 0.2) is 34.9 Å². The van der Waals surface area contributed by atoms with Crippen LogP contribution in [0.25, 0.3) is 11.3 Å². The van der Waals surface area contributed by atoms with E-state index in [1.54, 1.807) is 24.4 Å². The molecule has 2 saturated heterocycles.